The van der Waals surface area contributed by atoms with Crippen LogP contribution in [0.15, 0.2) is 4.99 Å². The van der Waals surface area contributed by atoms with Crippen LogP contribution in [0.3, 0.4) is 0 Å². The average molecular weight is 242 g/mol. The number of guanidine groups is 1. The minimum absolute atomic E-state index is 0.124. The van der Waals surface area contributed by atoms with Crippen molar-refractivity contribution >= 4 is 5.96 Å². The Labute approximate surface area is 104 Å². The van der Waals surface area contributed by atoms with E-state index in [0.717, 1.165) is 19.0 Å². The summed E-state index contributed by atoms with van der Waals surface area (Å²) in [4.78, 5) is 6.80. The van der Waals surface area contributed by atoms with E-state index in [1.165, 1.54) is 6.42 Å². The number of piperidine rings is 1. The first kappa shape index (κ1) is 14.3. The summed E-state index contributed by atoms with van der Waals surface area (Å²) < 4.78 is 5.08. The van der Waals surface area contributed by atoms with E-state index in [1.54, 1.807) is 7.11 Å². The monoisotopic (exact) mass is 242 g/mol. The van der Waals surface area contributed by atoms with Crippen LogP contribution in [-0.2, 0) is 4.74 Å². The zero-order valence-corrected chi connectivity index (χ0v) is 11.4. The number of nitrogens with two attached hydrogens (primary N) is 1. The summed E-state index contributed by atoms with van der Waals surface area (Å²) >= 11 is 0. The van der Waals surface area contributed by atoms with Gasteiger partial charge in [-0.05, 0) is 25.2 Å². The Hall–Kier alpha value is -0.810. The van der Waals surface area contributed by atoms with Gasteiger partial charge in [-0.15, -0.1) is 0 Å². The summed E-state index contributed by atoms with van der Waals surface area (Å²) in [5.74, 6) is 7.74. The van der Waals surface area contributed by atoms with E-state index in [2.05, 4.69) is 29.2 Å². The van der Waals surface area contributed by atoms with E-state index >= 15 is 0 Å². The molecule has 0 aliphatic carbocycles. The summed E-state index contributed by atoms with van der Waals surface area (Å²) in [7, 11) is 1.69. The van der Waals surface area contributed by atoms with Gasteiger partial charge in [-0.2, -0.15) is 0 Å². The molecular weight excluding hydrogens is 216 g/mol. The Balaban J connectivity index is 2.65. The molecular formula is C12H26N4O. The van der Waals surface area contributed by atoms with Gasteiger partial charge >= 0.3 is 0 Å². The number of hydrogen-bond acceptors (Lipinski definition) is 3. The van der Waals surface area contributed by atoms with Crippen molar-refractivity contribution < 1.29 is 4.74 Å². The van der Waals surface area contributed by atoms with Gasteiger partial charge < -0.3 is 9.64 Å². The smallest absolute Gasteiger partial charge is 0.208 e. The lowest BCUT2D eigenvalue weighted by molar-refractivity contribution is 0.182. The molecule has 1 saturated heterocycles. The van der Waals surface area contributed by atoms with Crippen molar-refractivity contribution in [2.24, 2.45) is 22.7 Å². The van der Waals surface area contributed by atoms with Crippen molar-refractivity contribution in [2.75, 3.05) is 26.8 Å². The van der Waals surface area contributed by atoms with Crippen LogP contribution >= 0.6 is 0 Å². The molecule has 0 radical (unpaired) electrons. The van der Waals surface area contributed by atoms with Crippen LogP contribution in [0.1, 0.15) is 27.2 Å². The quantitative estimate of drug-likeness (QED) is 0.333. The van der Waals surface area contributed by atoms with E-state index in [-0.39, 0.29) is 6.04 Å². The minimum Gasteiger partial charge on any atom is -0.382 e. The fraction of sp³-hybridized carbons (Fsp3) is 0.917. The second-order valence-corrected chi connectivity index (χ2v) is 5.25. The largest absolute Gasteiger partial charge is 0.382 e. The maximum Gasteiger partial charge on any atom is 0.208 e. The van der Waals surface area contributed by atoms with Gasteiger partial charge in [0.25, 0.3) is 0 Å². The van der Waals surface area contributed by atoms with Crippen molar-refractivity contribution in [2.45, 2.75) is 33.2 Å². The van der Waals surface area contributed by atoms with Crippen molar-refractivity contribution in [3.63, 3.8) is 0 Å². The summed E-state index contributed by atoms with van der Waals surface area (Å²) in [6.07, 6.45) is 1.28. The number of nitrogens with zero attached hydrogens (tertiary/aromatic N) is 2. The van der Waals surface area contributed by atoms with Gasteiger partial charge in [0.15, 0.2) is 0 Å². The predicted molar refractivity (Wildman–Crippen MR) is 70.6 cm³/mol. The number of likely N-dealkylation sites (tertiary alicyclic amines) is 1. The summed E-state index contributed by atoms with van der Waals surface area (Å²) in [5.41, 5.74) is 2.72. The third-order valence-electron chi connectivity index (χ3n) is 3.05. The molecule has 0 saturated carbocycles. The predicted octanol–water partition coefficient (Wildman–Crippen LogP) is 0.819. The van der Waals surface area contributed by atoms with E-state index in [0.29, 0.717) is 18.4 Å². The zero-order valence-electron chi connectivity index (χ0n) is 11.4. The lowest BCUT2D eigenvalue weighted by Gasteiger charge is -2.36. The maximum atomic E-state index is 5.58. The second-order valence-electron chi connectivity index (χ2n) is 5.25. The van der Waals surface area contributed by atoms with Crippen LogP contribution in [0.25, 0.3) is 0 Å². The highest BCUT2D eigenvalue weighted by Gasteiger charge is 2.24. The number of aliphatic imine (C=N–C) groups is 1. The first-order valence-electron chi connectivity index (χ1n) is 6.35. The van der Waals surface area contributed by atoms with E-state index in [9.17, 15) is 0 Å². The molecule has 1 heterocycles. The molecule has 3 atom stereocenters. The molecule has 3 N–H and O–H groups in total. The molecule has 0 amide bonds. The van der Waals surface area contributed by atoms with E-state index in [1.807, 2.05) is 6.92 Å². The third kappa shape index (κ3) is 4.52. The van der Waals surface area contributed by atoms with Crippen molar-refractivity contribution in [1.29, 1.82) is 0 Å². The number of methoxy groups -OCH3 is 1. The molecule has 3 unspecified atom stereocenters. The number of nitrogens with one attached hydrogen (secondary N) is 1. The molecule has 5 heteroatoms. The zero-order chi connectivity index (χ0) is 12.8. The van der Waals surface area contributed by atoms with Gasteiger partial charge in [0.05, 0.1) is 12.6 Å². The second kappa shape index (κ2) is 6.81. The number of hydrazine groups is 1. The number of hydrogen-bond donors (Lipinski definition) is 2. The van der Waals surface area contributed by atoms with Crippen LogP contribution in [0, 0.1) is 11.8 Å². The van der Waals surface area contributed by atoms with E-state index in [4.69, 9.17) is 10.6 Å². The highest BCUT2D eigenvalue weighted by atomic mass is 16.5. The average Bonchev–Trinajstić information content (AvgIpc) is 2.24. The highest BCUT2D eigenvalue weighted by Crippen LogP contribution is 2.20. The van der Waals surface area contributed by atoms with Crippen LogP contribution in [0.2, 0.25) is 0 Å². The summed E-state index contributed by atoms with van der Waals surface area (Å²) in [6.45, 7) is 9.23. The lowest BCUT2D eigenvalue weighted by atomic mass is 9.92. The highest BCUT2D eigenvalue weighted by molar-refractivity contribution is 5.79. The lowest BCUT2D eigenvalue weighted by Crippen LogP contribution is -2.51. The summed E-state index contributed by atoms with van der Waals surface area (Å²) in [6, 6.07) is 0.124. The molecule has 1 rings (SSSR count). The molecule has 5 nitrogen and oxygen atoms in total. The Bertz CT molecular complexity index is 247. The maximum absolute atomic E-state index is 5.58. The number of ether oxygens (including phenoxy) is 1. The van der Waals surface area contributed by atoms with Crippen molar-refractivity contribution in [1.82, 2.24) is 10.3 Å². The Morgan fingerprint density at radius 1 is 1.47 bits per heavy atom. The van der Waals surface area contributed by atoms with Crippen LogP contribution in [-0.4, -0.2) is 43.7 Å². The Morgan fingerprint density at radius 3 is 2.53 bits per heavy atom. The van der Waals surface area contributed by atoms with Gasteiger partial charge in [0, 0.05) is 20.2 Å². The standard InChI is InChI=1S/C12H26N4O/c1-9-5-10(2)7-16(6-9)12(15-13)14-11(3)8-17-4/h9-11H,5-8,13H2,1-4H3,(H,14,15). The van der Waals surface area contributed by atoms with Gasteiger partial charge in [0.1, 0.15) is 0 Å². The number of rotatable bonds is 3. The molecule has 0 aromatic rings. The van der Waals surface area contributed by atoms with Gasteiger partial charge in [-0.1, -0.05) is 13.8 Å². The first-order valence-corrected chi connectivity index (χ1v) is 6.35. The van der Waals surface area contributed by atoms with Gasteiger partial charge in [0.2, 0.25) is 5.96 Å². The van der Waals surface area contributed by atoms with E-state index < -0.39 is 0 Å². The van der Waals surface area contributed by atoms with Crippen molar-refractivity contribution in [3.05, 3.63) is 0 Å². The summed E-state index contributed by atoms with van der Waals surface area (Å²) in [5, 5.41) is 0. The first-order chi connectivity index (χ1) is 8.06. The Kier molecular flexibility index (Phi) is 5.71. The van der Waals surface area contributed by atoms with Gasteiger partial charge in [-0.3, -0.25) is 5.43 Å². The third-order valence-corrected chi connectivity index (χ3v) is 3.05. The van der Waals surface area contributed by atoms with Gasteiger partial charge in [-0.25, -0.2) is 10.8 Å². The topological polar surface area (TPSA) is 62.9 Å². The van der Waals surface area contributed by atoms with Crippen LogP contribution in [0.5, 0.6) is 0 Å². The molecule has 0 bridgehead atoms. The van der Waals surface area contributed by atoms with Crippen LogP contribution < -0.4 is 11.3 Å². The fourth-order valence-corrected chi connectivity index (χ4v) is 2.53. The van der Waals surface area contributed by atoms with Crippen LogP contribution in [0.4, 0.5) is 0 Å². The fourth-order valence-electron chi connectivity index (χ4n) is 2.53. The molecule has 0 aromatic heterocycles. The molecule has 0 spiro atoms. The molecule has 1 aliphatic heterocycles. The minimum atomic E-state index is 0.124. The van der Waals surface area contributed by atoms with Crippen molar-refractivity contribution in [3.8, 4) is 0 Å². The molecule has 1 fully saturated rings. The molecule has 100 valence electrons. The molecule has 17 heavy (non-hydrogen) atoms. The Morgan fingerprint density at radius 2 is 2.06 bits per heavy atom. The normalized spacial score (nSPS) is 28.1. The molecule has 0 aromatic carbocycles. The SMILES string of the molecule is COCC(C)N=C(NN)N1CC(C)CC(C)C1. The molecule has 1 aliphatic rings.